The Balaban J connectivity index is 0.902. The molecule has 4 heterocycles. The fourth-order valence-corrected chi connectivity index (χ4v) is 13.8. The smallest absolute Gasteiger partial charge is 0.0547 e. The van der Waals surface area contributed by atoms with Crippen LogP contribution in [0.5, 0.6) is 0 Å². The zero-order valence-corrected chi connectivity index (χ0v) is 36.2. The Kier molecular flexibility index (Phi) is 6.55. The second-order valence-corrected chi connectivity index (χ2v) is 20.2. The lowest BCUT2D eigenvalue weighted by atomic mass is 9.82. The van der Waals surface area contributed by atoms with Crippen LogP contribution in [0.15, 0.2) is 182 Å². The third-order valence-corrected chi connectivity index (χ3v) is 16.7. The fourth-order valence-electron chi connectivity index (χ4n) is 11.6. The van der Waals surface area contributed by atoms with E-state index in [2.05, 4.69) is 205 Å². The molecule has 0 aliphatic heterocycles. The van der Waals surface area contributed by atoms with Crippen molar-refractivity contribution in [1.29, 1.82) is 0 Å². The second-order valence-electron chi connectivity index (χ2n) is 18.0. The fraction of sp³-hybridized carbons (Fsp3) is 0.0508. The van der Waals surface area contributed by atoms with E-state index in [0.717, 1.165) is 0 Å². The molecule has 4 heteroatoms. The van der Waals surface area contributed by atoms with Crippen LogP contribution in [0.25, 0.3) is 128 Å². The molecule has 0 bridgehead atoms. The summed E-state index contributed by atoms with van der Waals surface area (Å²) in [6.45, 7) is 4.83. The number of hydrogen-bond acceptors (Lipinski definition) is 2. The van der Waals surface area contributed by atoms with Crippen LogP contribution in [0.2, 0.25) is 0 Å². The van der Waals surface area contributed by atoms with Gasteiger partial charge in [-0.15, -0.1) is 22.7 Å². The van der Waals surface area contributed by atoms with Crippen molar-refractivity contribution in [3.63, 3.8) is 0 Å². The van der Waals surface area contributed by atoms with E-state index in [-0.39, 0.29) is 5.41 Å². The van der Waals surface area contributed by atoms with Crippen LogP contribution >= 0.6 is 22.7 Å². The summed E-state index contributed by atoms with van der Waals surface area (Å²) in [5.41, 5.74) is 12.5. The van der Waals surface area contributed by atoms with Crippen molar-refractivity contribution in [2.24, 2.45) is 0 Å². The third-order valence-electron chi connectivity index (χ3n) is 14.5. The van der Waals surface area contributed by atoms with Crippen molar-refractivity contribution in [3.05, 3.63) is 193 Å². The number of rotatable bonds is 2. The average Bonchev–Trinajstić information content (AvgIpc) is 4.11. The molecule has 0 radical (unpaired) electrons. The first-order chi connectivity index (χ1) is 31.0. The maximum absolute atomic E-state index is 2.50. The van der Waals surface area contributed by atoms with Gasteiger partial charge >= 0.3 is 0 Å². The maximum atomic E-state index is 2.50. The predicted octanol–water partition coefficient (Wildman–Crippen LogP) is 17.2. The van der Waals surface area contributed by atoms with Crippen LogP contribution in [-0.2, 0) is 5.41 Å². The molecular formula is C59H36N2S2. The Hall–Kier alpha value is -7.24. The zero-order chi connectivity index (χ0) is 41.3. The van der Waals surface area contributed by atoms with E-state index in [4.69, 9.17) is 0 Å². The van der Waals surface area contributed by atoms with Crippen LogP contribution in [0.1, 0.15) is 25.0 Å². The highest BCUT2D eigenvalue weighted by molar-refractivity contribution is 7.26. The van der Waals surface area contributed by atoms with Crippen LogP contribution in [0.3, 0.4) is 0 Å². The number of para-hydroxylation sites is 2. The van der Waals surface area contributed by atoms with Gasteiger partial charge < -0.3 is 9.13 Å². The largest absolute Gasteiger partial charge is 0.309 e. The van der Waals surface area contributed by atoms with Gasteiger partial charge in [-0.25, -0.2) is 0 Å². The molecule has 0 atom stereocenters. The number of fused-ring (bicyclic) bond motifs is 19. The standard InChI is InChI=1S/C59H36N2S2/c1-59(2)47-29-35(60-49-15-7-3-11-39(49)45-31-43-33(27-51(45)60)19-25-55-57(43)41-13-5-9-17-53(41)62-55)21-23-37(47)38-24-22-36(30-48(38)59)61-50-16-8-4-12-40(50)46-32-44-34(28-52(46)61)20-26-56-58(44)42-14-6-10-18-54(42)63-56/h3-32H,1-2H3. The highest BCUT2D eigenvalue weighted by atomic mass is 32.1. The van der Waals surface area contributed by atoms with E-state index in [1.807, 2.05) is 22.7 Å². The SMILES string of the molecule is CC1(C)c2cc(-n3c4ccccc4c4cc5c(ccc6sc7ccccc7c65)cc43)ccc2-c2ccc(-n3c4ccccc4c4cc5c(ccc6sc7ccccc7c65)cc43)cc21. The molecule has 14 aromatic rings. The molecule has 0 saturated heterocycles. The molecule has 0 unspecified atom stereocenters. The topological polar surface area (TPSA) is 9.86 Å². The minimum absolute atomic E-state index is 0.217. The Morgan fingerprint density at radius 1 is 0.333 bits per heavy atom. The van der Waals surface area contributed by atoms with Crippen molar-refractivity contribution in [3.8, 4) is 22.5 Å². The van der Waals surface area contributed by atoms with Gasteiger partial charge in [0.15, 0.2) is 0 Å². The van der Waals surface area contributed by atoms with E-state index in [0.29, 0.717) is 0 Å². The minimum atomic E-state index is -0.217. The van der Waals surface area contributed by atoms with E-state index < -0.39 is 0 Å². The van der Waals surface area contributed by atoms with Gasteiger partial charge in [0, 0.05) is 78.7 Å². The lowest BCUT2D eigenvalue weighted by molar-refractivity contribution is 0.659. The molecule has 15 rings (SSSR count). The number of hydrogen-bond donors (Lipinski definition) is 0. The number of benzene rings is 10. The number of nitrogens with zero attached hydrogens (tertiary/aromatic N) is 2. The molecule has 2 nitrogen and oxygen atoms in total. The summed E-state index contributed by atoms with van der Waals surface area (Å²) in [6, 6.07) is 69.0. The summed E-state index contributed by atoms with van der Waals surface area (Å²) in [4.78, 5) is 0. The van der Waals surface area contributed by atoms with Gasteiger partial charge in [0.2, 0.25) is 0 Å². The molecule has 0 N–H and O–H groups in total. The molecule has 0 amide bonds. The summed E-state index contributed by atoms with van der Waals surface area (Å²) in [5.74, 6) is 0. The zero-order valence-electron chi connectivity index (χ0n) is 34.5. The van der Waals surface area contributed by atoms with Crippen molar-refractivity contribution < 1.29 is 0 Å². The van der Waals surface area contributed by atoms with Crippen molar-refractivity contribution in [2.75, 3.05) is 0 Å². The van der Waals surface area contributed by atoms with Gasteiger partial charge in [0.25, 0.3) is 0 Å². The summed E-state index contributed by atoms with van der Waals surface area (Å²) in [5, 5.41) is 15.8. The van der Waals surface area contributed by atoms with Crippen molar-refractivity contribution in [2.45, 2.75) is 19.3 Å². The number of aromatic nitrogens is 2. The molecule has 1 aliphatic rings. The van der Waals surface area contributed by atoms with Gasteiger partial charge in [-0.3, -0.25) is 0 Å². The van der Waals surface area contributed by atoms with Gasteiger partial charge in [0.05, 0.1) is 22.1 Å². The molecule has 0 spiro atoms. The van der Waals surface area contributed by atoms with Crippen molar-refractivity contribution in [1.82, 2.24) is 9.13 Å². The molecule has 1 aliphatic carbocycles. The molecule has 294 valence electrons. The molecule has 4 aromatic heterocycles. The number of thiophene rings is 2. The maximum Gasteiger partial charge on any atom is 0.0547 e. The monoisotopic (exact) mass is 836 g/mol. The predicted molar refractivity (Wildman–Crippen MR) is 273 cm³/mol. The molecular weight excluding hydrogens is 801 g/mol. The van der Waals surface area contributed by atoms with E-state index >= 15 is 0 Å². The highest BCUT2D eigenvalue weighted by Crippen LogP contribution is 2.51. The molecule has 63 heavy (non-hydrogen) atoms. The highest BCUT2D eigenvalue weighted by Gasteiger charge is 2.36. The van der Waals surface area contributed by atoms with Gasteiger partial charge in [-0.05, 0) is 129 Å². The van der Waals surface area contributed by atoms with Crippen LogP contribution in [0, 0.1) is 0 Å². The van der Waals surface area contributed by atoms with Gasteiger partial charge in [0.1, 0.15) is 0 Å². The van der Waals surface area contributed by atoms with Gasteiger partial charge in [-0.2, -0.15) is 0 Å². The summed E-state index contributed by atoms with van der Waals surface area (Å²) in [7, 11) is 0. The van der Waals surface area contributed by atoms with E-state index in [9.17, 15) is 0 Å². The third kappa shape index (κ3) is 4.47. The van der Waals surface area contributed by atoms with Gasteiger partial charge in [-0.1, -0.05) is 111 Å². The average molecular weight is 837 g/mol. The Morgan fingerprint density at radius 2 is 0.762 bits per heavy atom. The quantitative estimate of drug-likeness (QED) is 0.164. The Morgan fingerprint density at radius 3 is 1.24 bits per heavy atom. The van der Waals surface area contributed by atoms with E-state index in [1.54, 1.807) is 0 Å². The van der Waals surface area contributed by atoms with Crippen LogP contribution < -0.4 is 0 Å². The Bertz CT molecular complexity index is 4080. The second kappa shape index (κ2) is 12.0. The molecule has 0 saturated carbocycles. The normalized spacial score (nSPS) is 13.7. The van der Waals surface area contributed by atoms with Crippen molar-refractivity contribution >= 4 is 128 Å². The lowest BCUT2D eigenvalue weighted by Crippen LogP contribution is -2.16. The first-order valence-electron chi connectivity index (χ1n) is 21.8. The van der Waals surface area contributed by atoms with Crippen LogP contribution in [0.4, 0.5) is 0 Å². The molecule has 10 aromatic carbocycles. The summed E-state index contributed by atoms with van der Waals surface area (Å²) < 4.78 is 10.4. The lowest BCUT2D eigenvalue weighted by Gasteiger charge is -2.23. The van der Waals surface area contributed by atoms with E-state index in [1.165, 1.54) is 139 Å². The summed E-state index contributed by atoms with van der Waals surface area (Å²) in [6.07, 6.45) is 0. The minimum Gasteiger partial charge on any atom is -0.309 e. The first-order valence-corrected chi connectivity index (χ1v) is 23.5. The first kappa shape index (κ1) is 34.4. The Labute approximate surface area is 370 Å². The summed E-state index contributed by atoms with van der Waals surface area (Å²) >= 11 is 3.78. The van der Waals surface area contributed by atoms with Crippen LogP contribution in [-0.4, -0.2) is 9.13 Å². The molecule has 0 fully saturated rings.